The average molecular weight is 242 g/mol. The van der Waals surface area contributed by atoms with Gasteiger partial charge in [-0.25, -0.2) is 0 Å². The fourth-order valence-electron chi connectivity index (χ4n) is 1.40. The van der Waals surface area contributed by atoms with Crippen LogP contribution in [0.1, 0.15) is 39.4 Å². The molecule has 1 aromatic heterocycles. The van der Waals surface area contributed by atoms with Crippen molar-refractivity contribution in [3.63, 3.8) is 0 Å². The Kier molecular flexibility index (Phi) is 3.52. The third-order valence-electron chi connectivity index (χ3n) is 2.52. The average Bonchev–Trinajstić information content (AvgIpc) is 2.47. The first-order chi connectivity index (χ1) is 7.25. The maximum absolute atomic E-state index is 11.3. The Morgan fingerprint density at radius 1 is 1.62 bits per heavy atom. The number of nitrogens with zero attached hydrogens (tertiary/aromatic N) is 2. The molecule has 0 spiro atoms. The zero-order valence-corrected chi connectivity index (χ0v) is 10.9. The molecule has 1 aromatic rings. The number of aromatic amines is 1. The van der Waals surface area contributed by atoms with E-state index in [0.717, 1.165) is 5.82 Å². The summed E-state index contributed by atoms with van der Waals surface area (Å²) in [6, 6.07) is 0. The molecule has 0 fully saturated rings. The summed E-state index contributed by atoms with van der Waals surface area (Å²) >= 11 is 5.14. The summed E-state index contributed by atoms with van der Waals surface area (Å²) in [4.78, 5) is 11.3. The number of H-pyrrole nitrogens is 1. The second-order valence-electron chi connectivity index (χ2n) is 4.88. The van der Waals surface area contributed by atoms with E-state index in [1.54, 1.807) is 13.8 Å². The van der Waals surface area contributed by atoms with Crippen molar-refractivity contribution >= 4 is 18.1 Å². The first-order valence-electron chi connectivity index (χ1n) is 5.20. The maximum Gasteiger partial charge on any atom is 0.224 e. The van der Waals surface area contributed by atoms with Gasteiger partial charge in [-0.05, 0) is 26.1 Å². The number of aromatic nitrogens is 3. The molecule has 0 aliphatic carbocycles. The van der Waals surface area contributed by atoms with Gasteiger partial charge in [-0.1, -0.05) is 13.8 Å². The topological polar surface area (TPSA) is 76.7 Å². The molecule has 0 aliphatic heterocycles. The molecular weight excluding hydrogens is 224 g/mol. The Morgan fingerprint density at radius 3 is 2.62 bits per heavy atom. The van der Waals surface area contributed by atoms with Crippen molar-refractivity contribution in [2.75, 3.05) is 0 Å². The Balaban J connectivity index is 3.10. The lowest BCUT2D eigenvalue weighted by Gasteiger charge is -2.22. The van der Waals surface area contributed by atoms with Crippen LogP contribution in [-0.4, -0.2) is 20.7 Å². The number of carbonyl (C=O) groups is 1. The number of nitrogens with two attached hydrogens (primary N) is 1. The molecule has 0 radical (unpaired) electrons. The molecular formula is C10H18N4OS. The van der Waals surface area contributed by atoms with Crippen LogP contribution >= 0.6 is 12.2 Å². The Bertz CT molecular complexity index is 444. The van der Waals surface area contributed by atoms with Crippen LogP contribution in [0.25, 0.3) is 0 Å². The smallest absolute Gasteiger partial charge is 0.224 e. The fourth-order valence-corrected chi connectivity index (χ4v) is 1.60. The van der Waals surface area contributed by atoms with Crippen LogP contribution in [0.5, 0.6) is 0 Å². The van der Waals surface area contributed by atoms with Gasteiger partial charge in [-0.15, -0.1) is 0 Å². The van der Waals surface area contributed by atoms with Crippen LogP contribution in [0, 0.1) is 10.2 Å². The van der Waals surface area contributed by atoms with Crippen LogP contribution in [0.4, 0.5) is 0 Å². The highest BCUT2D eigenvalue weighted by Gasteiger charge is 2.27. The highest BCUT2D eigenvalue weighted by molar-refractivity contribution is 7.71. The monoisotopic (exact) mass is 242 g/mol. The summed E-state index contributed by atoms with van der Waals surface area (Å²) in [5.41, 5.74) is 4.71. The standard InChI is InChI=1S/C10H18N4OS/c1-6(2)7-12-13-9(16)14(7)5-10(3,4)8(11)15/h6H,5H2,1-4H3,(H2,11,15)(H,13,16). The molecule has 0 aliphatic rings. The SMILES string of the molecule is CC(C)c1n[nH]c(=S)n1CC(C)(C)C(N)=O. The van der Waals surface area contributed by atoms with Crippen molar-refractivity contribution in [2.24, 2.45) is 11.1 Å². The zero-order valence-electron chi connectivity index (χ0n) is 10.1. The molecule has 0 atom stereocenters. The summed E-state index contributed by atoms with van der Waals surface area (Å²) in [5.74, 6) is 0.751. The van der Waals surface area contributed by atoms with Crippen molar-refractivity contribution in [3.05, 3.63) is 10.6 Å². The predicted octanol–water partition coefficient (Wildman–Crippen LogP) is 1.58. The van der Waals surface area contributed by atoms with Gasteiger partial charge in [0.1, 0.15) is 5.82 Å². The predicted molar refractivity (Wildman–Crippen MR) is 64.5 cm³/mol. The number of hydrogen-bond acceptors (Lipinski definition) is 3. The third kappa shape index (κ3) is 2.49. The Labute approximate surface area is 100 Å². The highest BCUT2D eigenvalue weighted by Crippen LogP contribution is 2.21. The normalized spacial score (nSPS) is 12.1. The van der Waals surface area contributed by atoms with Gasteiger partial charge in [0, 0.05) is 12.5 Å². The van der Waals surface area contributed by atoms with Gasteiger partial charge in [-0.3, -0.25) is 9.89 Å². The number of nitrogens with one attached hydrogen (secondary N) is 1. The Morgan fingerprint density at radius 2 is 2.19 bits per heavy atom. The lowest BCUT2D eigenvalue weighted by atomic mass is 9.92. The van der Waals surface area contributed by atoms with Gasteiger partial charge < -0.3 is 10.3 Å². The van der Waals surface area contributed by atoms with E-state index in [0.29, 0.717) is 11.3 Å². The molecule has 16 heavy (non-hydrogen) atoms. The van der Waals surface area contributed by atoms with E-state index >= 15 is 0 Å². The molecule has 0 bridgehead atoms. The second-order valence-corrected chi connectivity index (χ2v) is 5.26. The molecule has 0 aromatic carbocycles. The molecule has 1 rings (SSSR count). The zero-order chi connectivity index (χ0) is 12.5. The van der Waals surface area contributed by atoms with Crippen molar-refractivity contribution in [2.45, 2.75) is 40.2 Å². The number of hydrogen-bond donors (Lipinski definition) is 2. The van der Waals surface area contributed by atoms with Crippen molar-refractivity contribution in [1.82, 2.24) is 14.8 Å². The molecule has 5 nitrogen and oxygen atoms in total. The molecule has 6 heteroatoms. The molecule has 3 N–H and O–H groups in total. The molecule has 0 unspecified atom stereocenters. The van der Waals surface area contributed by atoms with E-state index in [-0.39, 0.29) is 11.8 Å². The largest absolute Gasteiger partial charge is 0.369 e. The first kappa shape index (κ1) is 12.9. The number of primary amides is 1. The summed E-state index contributed by atoms with van der Waals surface area (Å²) < 4.78 is 2.36. The van der Waals surface area contributed by atoms with E-state index in [2.05, 4.69) is 10.2 Å². The van der Waals surface area contributed by atoms with Gasteiger partial charge in [0.05, 0.1) is 5.41 Å². The van der Waals surface area contributed by atoms with Crippen molar-refractivity contribution in [3.8, 4) is 0 Å². The fraction of sp³-hybridized carbons (Fsp3) is 0.700. The van der Waals surface area contributed by atoms with Gasteiger partial charge in [0.15, 0.2) is 4.77 Å². The summed E-state index contributed by atoms with van der Waals surface area (Å²) in [6.45, 7) is 8.10. The van der Waals surface area contributed by atoms with E-state index < -0.39 is 5.41 Å². The second kappa shape index (κ2) is 4.37. The van der Waals surface area contributed by atoms with Crippen LogP contribution < -0.4 is 5.73 Å². The number of rotatable bonds is 4. The third-order valence-corrected chi connectivity index (χ3v) is 2.84. The molecule has 0 saturated carbocycles. The van der Waals surface area contributed by atoms with Crippen molar-refractivity contribution in [1.29, 1.82) is 0 Å². The summed E-state index contributed by atoms with van der Waals surface area (Å²) in [7, 11) is 0. The Hall–Kier alpha value is -1.17. The van der Waals surface area contributed by atoms with Crippen molar-refractivity contribution < 1.29 is 4.79 Å². The number of amides is 1. The van der Waals surface area contributed by atoms with E-state index in [1.165, 1.54) is 0 Å². The van der Waals surface area contributed by atoms with Gasteiger partial charge in [0.2, 0.25) is 5.91 Å². The highest BCUT2D eigenvalue weighted by atomic mass is 32.1. The minimum atomic E-state index is -0.633. The minimum absolute atomic E-state index is 0.247. The molecule has 0 saturated heterocycles. The lowest BCUT2D eigenvalue weighted by molar-refractivity contribution is -0.126. The van der Waals surface area contributed by atoms with Gasteiger partial charge in [0.25, 0.3) is 0 Å². The lowest BCUT2D eigenvalue weighted by Crippen LogP contribution is -2.36. The maximum atomic E-state index is 11.3. The van der Waals surface area contributed by atoms with Gasteiger partial charge in [-0.2, -0.15) is 5.10 Å². The van der Waals surface area contributed by atoms with Crippen LogP contribution in [0.2, 0.25) is 0 Å². The van der Waals surface area contributed by atoms with E-state index in [1.807, 2.05) is 18.4 Å². The molecule has 90 valence electrons. The van der Waals surface area contributed by atoms with Crippen LogP contribution in [0.15, 0.2) is 0 Å². The summed E-state index contributed by atoms with van der Waals surface area (Å²) in [5, 5.41) is 6.90. The van der Waals surface area contributed by atoms with Gasteiger partial charge >= 0.3 is 0 Å². The summed E-state index contributed by atoms with van der Waals surface area (Å²) in [6.07, 6.45) is 0. The number of carbonyl (C=O) groups excluding carboxylic acids is 1. The quantitative estimate of drug-likeness (QED) is 0.787. The van der Waals surface area contributed by atoms with Crippen LogP contribution in [-0.2, 0) is 11.3 Å². The molecule has 1 amide bonds. The molecule has 1 heterocycles. The first-order valence-corrected chi connectivity index (χ1v) is 5.61. The van der Waals surface area contributed by atoms with E-state index in [9.17, 15) is 4.79 Å². The van der Waals surface area contributed by atoms with Crippen LogP contribution in [0.3, 0.4) is 0 Å². The van der Waals surface area contributed by atoms with E-state index in [4.69, 9.17) is 18.0 Å². The minimum Gasteiger partial charge on any atom is -0.369 e.